The van der Waals surface area contributed by atoms with Crippen molar-refractivity contribution in [1.82, 2.24) is 0 Å². The summed E-state index contributed by atoms with van der Waals surface area (Å²) in [6.07, 6.45) is -0.755. The number of Topliss-reactive ketones (excluding diaryl/α,β-unsaturated/α-hetero) is 1. The molecule has 0 spiro atoms. The quantitative estimate of drug-likeness (QED) is 0.789. The van der Waals surface area contributed by atoms with Gasteiger partial charge in [-0.2, -0.15) is 0 Å². The van der Waals surface area contributed by atoms with Crippen molar-refractivity contribution in [2.45, 2.75) is 11.0 Å². The first-order chi connectivity index (χ1) is 9.65. The molecule has 0 bridgehead atoms. The highest BCUT2D eigenvalue weighted by molar-refractivity contribution is 7.99. The third-order valence-electron chi connectivity index (χ3n) is 3.00. The SMILES string of the molecule is O=C(c1ccc(F)cc1F)C1CSc2ccccc2O1. The van der Waals surface area contributed by atoms with Crippen LogP contribution in [0, 0.1) is 11.6 Å². The summed E-state index contributed by atoms with van der Waals surface area (Å²) in [5.41, 5.74) is -0.142. The second kappa shape index (κ2) is 5.25. The lowest BCUT2D eigenvalue weighted by Gasteiger charge is -2.24. The van der Waals surface area contributed by atoms with Gasteiger partial charge in [0.25, 0.3) is 0 Å². The van der Waals surface area contributed by atoms with Crippen LogP contribution in [0.3, 0.4) is 0 Å². The number of halogens is 2. The normalized spacial score (nSPS) is 17.2. The molecule has 0 saturated heterocycles. The van der Waals surface area contributed by atoms with E-state index in [1.54, 1.807) is 6.07 Å². The van der Waals surface area contributed by atoms with E-state index in [-0.39, 0.29) is 5.56 Å². The standard InChI is InChI=1S/C15H10F2O2S/c16-9-5-6-10(11(17)7-9)15(18)13-8-20-14-4-2-1-3-12(14)19-13/h1-7,13H,8H2. The molecule has 1 unspecified atom stereocenters. The number of hydrogen-bond donors (Lipinski definition) is 0. The molecule has 0 N–H and O–H groups in total. The van der Waals surface area contributed by atoms with Crippen molar-refractivity contribution in [2.24, 2.45) is 0 Å². The average molecular weight is 292 g/mol. The van der Waals surface area contributed by atoms with Crippen LogP contribution in [0.15, 0.2) is 47.4 Å². The number of ether oxygens (including phenoxy) is 1. The lowest BCUT2D eigenvalue weighted by molar-refractivity contribution is 0.0810. The van der Waals surface area contributed by atoms with Crippen molar-refractivity contribution in [3.05, 3.63) is 59.7 Å². The molecule has 2 aromatic rings. The van der Waals surface area contributed by atoms with Crippen molar-refractivity contribution in [3.63, 3.8) is 0 Å². The van der Waals surface area contributed by atoms with Gasteiger partial charge in [-0.15, -0.1) is 11.8 Å². The monoisotopic (exact) mass is 292 g/mol. The molecule has 2 aromatic carbocycles. The first-order valence-electron chi connectivity index (χ1n) is 6.03. The van der Waals surface area contributed by atoms with Crippen molar-refractivity contribution < 1.29 is 18.3 Å². The van der Waals surface area contributed by atoms with E-state index < -0.39 is 23.5 Å². The van der Waals surface area contributed by atoms with Crippen LogP contribution in [0.2, 0.25) is 0 Å². The summed E-state index contributed by atoms with van der Waals surface area (Å²) in [5.74, 6) is -1.01. The zero-order valence-corrected chi connectivity index (χ0v) is 11.1. The van der Waals surface area contributed by atoms with Crippen molar-refractivity contribution in [1.29, 1.82) is 0 Å². The van der Waals surface area contributed by atoms with Gasteiger partial charge < -0.3 is 4.74 Å². The van der Waals surface area contributed by atoms with E-state index in [9.17, 15) is 13.6 Å². The summed E-state index contributed by atoms with van der Waals surface area (Å²) < 4.78 is 32.1. The van der Waals surface area contributed by atoms with Crippen molar-refractivity contribution in [2.75, 3.05) is 5.75 Å². The maximum absolute atomic E-state index is 13.6. The Hall–Kier alpha value is -1.88. The maximum atomic E-state index is 13.6. The average Bonchev–Trinajstić information content (AvgIpc) is 2.46. The predicted molar refractivity (Wildman–Crippen MR) is 72.3 cm³/mol. The van der Waals surface area contributed by atoms with Gasteiger partial charge in [-0.05, 0) is 24.3 Å². The second-order valence-electron chi connectivity index (χ2n) is 4.35. The Bertz CT molecular complexity index is 673. The Morgan fingerprint density at radius 1 is 1.20 bits per heavy atom. The summed E-state index contributed by atoms with van der Waals surface area (Å²) >= 11 is 1.49. The fourth-order valence-corrected chi connectivity index (χ4v) is 3.00. The molecule has 2 nitrogen and oxygen atoms in total. The zero-order chi connectivity index (χ0) is 14.1. The van der Waals surface area contributed by atoms with Crippen LogP contribution in [0.4, 0.5) is 8.78 Å². The van der Waals surface area contributed by atoms with Gasteiger partial charge in [-0.3, -0.25) is 4.79 Å². The number of carbonyl (C=O) groups excluding carboxylic acids is 1. The summed E-state index contributed by atoms with van der Waals surface area (Å²) in [7, 11) is 0. The van der Waals surface area contributed by atoms with E-state index in [1.165, 1.54) is 11.8 Å². The minimum absolute atomic E-state index is 0.142. The van der Waals surface area contributed by atoms with Crippen LogP contribution in [-0.4, -0.2) is 17.6 Å². The second-order valence-corrected chi connectivity index (χ2v) is 5.41. The third kappa shape index (κ3) is 2.41. The molecular formula is C15H10F2O2S. The molecule has 0 amide bonds. The Labute approximate surface area is 118 Å². The molecule has 1 aliphatic heterocycles. The van der Waals surface area contributed by atoms with Gasteiger partial charge >= 0.3 is 0 Å². The number of thioether (sulfide) groups is 1. The molecule has 1 aliphatic rings. The van der Waals surface area contributed by atoms with Gasteiger partial charge in [0.05, 0.1) is 5.56 Å². The number of carbonyl (C=O) groups is 1. The summed E-state index contributed by atoms with van der Waals surface area (Å²) in [4.78, 5) is 13.2. The van der Waals surface area contributed by atoms with Gasteiger partial charge in [-0.1, -0.05) is 12.1 Å². The van der Waals surface area contributed by atoms with Gasteiger partial charge in [0, 0.05) is 16.7 Å². The van der Waals surface area contributed by atoms with Crippen LogP contribution in [0.1, 0.15) is 10.4 Å². The van der Waals surface area contributed by atoms with Crippen LogP contribution in [-0.2, 0) is 0 Å². The molecule has 20 heavy (non-hydrogen) atoms. The summed E-state index contributed by atoms with van der Waals surface area (Å²) in [5, 5.41) is 0. The molecule has 0 fully saturated rings. The molecule has 0 aliphatic carbocycles. The van der Waals surface area contributed by atoms with E-state index in [0.29, 0.717) is 17.6 Å². The highest BCUT2D eigenvalue weighted by atomic mass is 32.2. The molecule has 1 heterocycles. The van der Waals surface area contributed by atoms with Gasteiger partial charge in [-0.25, -0.2) is 8.78 Å². The summed E-state index contributed by atoms with van der Waals surface area (Å²) in [6.45, 7) is 0. The minimum atomic E-state index is -0.859. The topological polar surface area (TPSA) is 26.3 Å². The van der Waals surface area contributed by atoms with Crippen LogP contribution < -0.4 is 4.74 Å². The Morgan fingerprint density at radius 2 is 2.00 bits per heavy atom. The maximum Gasteiger partial charge on any atom is 0.207 e. The number of fused-ring (bicyclic) bond motifs is 1. The Balaban J connectivity index is 1.86. The smallest absolute Gasteiger partial charge is 0.207 e. The van der Waals surface area contributed by atoms with Crippen LogP contribution in [0.25, 0.3) is 0 Å². The fraction of sp³-hybridized carbons (Fsp3) is 0.133. The van der Waals surface area contributed by atoms with E-state index in [2.05, 4.69) is 0 Å². The number of para-hydroxylation sites is 1. The highest BCUT2D eigenvalue weighted by Gasteiger charge is 2.29. The zero-order valence-electron chi connectivity index (χ0n) is 10.3. The van der Waals surface area contributed by atoms with Crippen molar-refractivity contribution in [3.8, 4) is 5.75 Å². The molecule has 3 rings (SSSR count). The number of benzene rings is 2. The van der Waals surface area contributed by atoms with Crippen LogP contribution >= 0.6 is 11.8 Å². The molecular weight excluding hydrogens is 282 g/mol. The number of ketones is 1. The highest BCUT2D eigenvalue weighted by Crippen LogP contribution is 2.35. The first kappa shape index (κ1) is 13.1. The molecule has 0 saturated carbocycles. The largest absolute Gasteiger partial charge is 0.480 e. The lowest BCUT2D eigenvalue weighted by Crippen LogP contribution is -2.32. The van der Waals surface area contributed by atoms with Gasteiger partial charge in [0.1, 0.15) is 17.4 Å². The van der Waals surface area contributed by atoms with Crippen LogP contribution in [0.5, 0.6) is 5.75 Å². The third-order valence-corrected chi connectivity index (χ3v) is 4.12. The Kier molecular flexibility index (Phi) is 3.44. The molecule has 0 radical (unpaired) electrons. The van der Waals surface area contributed by atoms with Crippen molar-refractivity contribution >= 4 is 17.5 Å². The molecule has 5 heteroatoms. The minimum Gasteiger partial charge on any atom is -0.480 e. The summed E-state index contributed by atoms with van der Waals surface area (Å²) in [6, 6.07) is 10.3. The Morgan fingerprint density at radius 3 is 2.80 bits per heavy atom. The predicted octanol–water partition coefficient (Wildman–Crippen LogP) is 3.70. The first-order valence-corrected chi connectivity index (χ1v) is 7.01. The molecule has 102 valence electrons. The van der Waals surface area contributed by atoms with E-state index >= 15 is 0 Å². The fourth-order valence-electron chi connectivity index (χ4n) is 2.01. The van der Waals surface area contributed by atoms with Gasteiger partial charge in [0.2, 0.25) is 5.78 Å². The number of hydrogen-bond acceptors (Lipinski definition) is 3. The van der Waals surface area contributed by atoms with E-state index in [1.807, 2.05) is 18.2 Å². The lowest BCUT2D eigenvalue weighted by atomic mass is 10.1. The molecule has 1 atom stereocenters. The van der Waals surface area contributed by atoms with E-state index in [0.717, 1.165) is 17.0 Å². The molecule has 0 aromatic heterocycles. The number of rotatable bonds is 2. The van der Waals surface area contributed by atoms with E-state index in [4.69, 9.17) is 4.74 Å². The van der Waals surface area contributed by atoms with Gasteiger partial charge in [0.15, 0.2) is 6.10 Å².